The summed E-state index contributed by atoms with van der Waals surface area (Å²) in [5.41, 5.74) is 16.8. The zero-order valence-corrected chi connectivity index (χ0v) is 6.99. The number of primary amides is 1. The fourth-order valence-corrected chi connectivity index (χ4v) is 0.847. The maximum absolute atomic E-state index is 10.4. The lowest BCUT2D eigenvalue weighted by Gasteiger charge is -2.06. The fourth-order valence-electron chi connectivity index (χ4n) is 0.847. The predicted molar refractivity (Wildman–Crippen MR) is 50.0 cm³/mol. The van der Waals surface area contributed by atoms with Gasteiger partial charge < -0.3 is 21.9 Å². The average Bonchev–Trinajstić information content (AvgIpc) is 2.02. The van der Waals surface area contributed by atoms with Crippen molar-refractivity contribution in [3.63, 3.8) is 0 Å². The molecule has 6 N–H and O–H groups in total. The van der Waals surface area contributed by atoms with Gasteiger partial charge in [0.2, 0.25) is 0 Å². The van der Waals surface area contributed by atoms with Gasteiger partial charge in [-0.1, -0.05) is 0 Å². The summed E-state index contributed by atoms with van der Waals surface area (Å²) in [4.78, 5) is 10.4. The maximum atomic E-state index is 10.4. The molecule has 5 nitrogen and oxygen atoms in total. The van der Waals surface area contributed by atoms with Crippen LogP contribution in [0.4, 0.5) is 11.4 Å². The highest BCUT2D eigenvalue weighted by Crippen LogP contribution is 2.23. The van der Waals surface area contributed by atoms with Crippen molar-refractivity contribution in [3.05, 3.63) is 18.2 Å². The molecule has 0 fully saturated rings. The molecule has 0 aromatic heterocycles. The Kier molecular flexibility index (Phi) is 2.59. The van der Waals surface area contributed by atoms with Gasteiger partial charge in [0, 0.05) is 5.69 Å². The monoisotopic (exact) mass is 181 g/mol. The van der Waals surface area contributed by atoms with Crippen molar-refractivity contribution in [2.75, 3.05) is 18.1 Å². The lowest BCUT2D eigenvalue weighted by atomic mass is 10.2. The van der Waals surface area contributed by atoms with E-state index in [4.69, 9.17) is 21.9 Å². The number of amides is 1. The highest BCUT2D eigenvalue weighted by Gasteiger charge is 2.01. The van der Waals surface area contributed by atoms with Crippen molar-refractivity contribution in [3.8, 4) is 5.75 Å². The Bertz CT molecular complexity index is 325. The van der Waals surface area contributed by atoms with E-state index < -0.39 is 5.91 Å². The van der Waals surface area contributed by atoms with Crippen molar-refractivity contribution in [2.45, 2.75) is 0 Å². The standard InChI is InChI=1S/C8H11N3O2/c9-5-1-2-7(6(10)3-5)13-4-8(11)12/h1-3H,4,9-10H2,(H2,11,12). The maximum Gasteiger partial charge on any atom is 0.255 e. The molecule has 0 radical (unpaired) electrons. The lowest BCUT2D eigenvalue weighted by molar-refractivity contribution is -0.119. The first-order valence-corrected chi connectivity index (χ1v) is 3.65. The summed E-state index contributed by atoms with van der Waals surface area (Å²) in [7, 11) is 0. The van der Waals surface area contributed by atoms with Crippen molar-refractivity contribution in [2.24, 2.45) is 5.73 Å². The number of hydrogen-bond acceptors (Lipinski definition) is 4. The number of nitrogen functional groups attached to an aromatic ring is 2. The van der Waals surface area contributed by atoms with E-state index in [-0.39, 0.29) is 6.61 Å². The molecule has 0 heterocycles. The Balaban J connectivity index is 2.72. The molecular formula is C8H11N3O2. The van der Waals surface area contributed by atoms with Crippen LogP contribution < -0.4 is 21.9 Å². The van der Waals surface area contributed by atoms with Gasteiger partial charge in [-0.2, -0.15) is 0 Å². The first-order chi connectivity index (χ1) is 6.09. The van der Waals surface area contributed by atoms with Crippen molar-refractivity contribution in [1.29, 1.82) is 0 Å². The molecule has 70 valence electrons. The summed E-state index contributed by atoms with van der Waals surface area (Å²) >= 11 is 0. The molecular weight excluding hydrogens is 170 g/mol. The van der Waals surface area contributed by atoms with Gasteiger partial charge in [-0.3, -0.25) is 4.79 Å². The molecule has 0 spiro atoms. The Morgan fingerprint density at radius 1 is 1.38 bits per heavy atom. The summed E-state index contributed by atoms with van der Waals surface area (Å²) < 4.78 is 5.00. The number of benzene rings is 1. The molecule has 1 aromatic rings. The van der Waals surface area contributed by atoms with Crippen LogP contribution in [0.3, 0.4) is 0 Å². The fraction of sp³-hybridized carbons (Fsp3) is 0.125. The first kappa shape index (κ1) is 9.18. The second kappa shape index (κ2) is 3.66. The van der Waals surface area contributed by atoms with E-state index in [2.05, 4.69) is 0 Å². The SMILES string of the molecule is NC(=O)COc1ccc(N)cc1N. The Labute approximate surface area is 75.5 Å². The molecule has 0 aliphatic carbocycles. The highest BCUT2D eigenvalue weighted by atomic mass is 16.5. The molecule has 0 atom stereocenters. The third-order valence-electron chi connectivity index (χ3n) is 1.40. The van der Waals surface area contributed by atoms with Gasteiger partial charge in [0.25, 0.3) is 5.91 Å². The van der Waals surface area contributed by atoms with Crippen molar-refractivity contribution in [1.82, 2.24) is 0 Å². The second-order valence-corrected chi connectivity index (χ2v) is 2.55. The van der Waals surface area contributed by atoms with E-state index in [1.807, 2.05) is 0 Å². The van der Waals surface area contributed by atoms with Gasteiger partial charge in [-0.05, 0) is 18.2 Å². The van der Waals surface area contributed by atoms with Crippen LogP contribution in [0.2, 0.25) is 0 Å². The van der Waals surface area contributed by atoms with Crippen LogP contribution in [0.25, 0.3) is 0 Å². The molecule has 0 saturated heterocycles. The predicted octanol–water partition coefficient (Wildman–Crippen LogP) is -0.285. The number of ether oxygens (including phenoxy) is 1. The van der Waals surface area contributed by atoms with Crippen LogP contribution >= 0.6 is 0 Å². The van der Waals surface area contributed by atoms with E-state index in [1.54, 1.807) is 18.2 Å². The van der Waals surface area contributed by atoms with Crippen molar-refractivity contribution >= 4 is 17.3 Å². The summed E-state index contributed by atoms with van der Waals surface area (Å²) in [6.07, 6.45) is 0. The molecule has 0 aliphatic rings. The lowest BCUT2D eigenvalue weighted by Crippen LogP contribution is -2.20. The smallest absolute Gasteiger partial charge is 0.255 e. The summed E-state index contributed by atoms with van der Waals surface area (Å²) in [6, 6.07) is 4.77. The molecule has 1 amide bonds. The minimum absolute atomic E-state index is 0.186. The van der Waals surface area contributed by atoms with Crippen LogP contribution in [0, 0.1) is 0 Å². The number of hydrogen-bond donors (Lipinski definition) is 3. The number of carbonyl (C=O) groups is 1. The first-order valence-electron chi connectivity index (χ1n) is 3.65. The van der Waals surface area contributed by atoms with Gasteiger partial charge >= 0.3 is 0 Å². The number of rotatable bonds is 3. The zero-order valence-electron chi connectivity index (χ0n) is 6.99. The summed E-state index contributed by atoms with van der Waals surface area (Å²) in [5.74, 6) is -0.135. The molecule has 0 aliphatic heterocycles. The van der Waals surface area contributed by atoms with Crippen LogP contribution in [-0.2, 0) is 4.79 Å². The van der Waals surface area contributed by atoms with E-state index in [0.717, 1.165) is 0 Å². The van der Waals surface area contributed by atoms with E-state index in [0.29, 0.717) is 17.1 Å². The van der Waals surface area contributed by atoms with E-state index in [9.17, 15) is 4.79 Å². The number of nitrogens with two attached hydrogens (primary N) is 3. The summed E-state index contributed by atoms with van der Waals surface area (Å²) in [5, 5.41) is 0. The molecule has 0 saturated carbocycles. The Hall–Kier alpha value is -1.91. The van der Waals surface area contributed by atoms with E-state index in [1.165, 1.54) is 0 Å². The number of carbonyl (C=O) groups excluding carboxylic acids is 1. The third kappa shape index (κ3) is 2.55. The zero-order chi connectivity index (χ0) is 9.84. The quantitative estimate of drug-likeness (QED) is 0.557. The van der Waals surface area contributed by atoms with Gasteiger partial charge in [0.05, 0.1) is 5.69 Å². The molecule has 1 aromatic carbocycles. The molecule has 0 unspecified atom stereocenters. The normalized spacial score (nSPS) is 9.54. The minimum Gasteiger partial charge on any atom is -0.482 e. The van der Waals surface area contributed by atoms with Gasteiger partial charge in [0.1, 0.15) is 5.75 Å². The molecule has 0 bridgehead atoms. The topological polar surface area (TPSA) is 104 Å². The van der Waals surface area contributed by atoms with Crippen LogP contribution in [0.15, 0.2) is 18.2 Å². The van der Waals surface area contributed by atoms with Crippen LogP contribution in [0.1, 0.15) is 0 Å². The highest BCUT2D eigenvalue weighted by molar-refractivity contribution is 5.75. The Morgan fingerprint density at radius 3 is 2.62 bits per heavy atom. The number of anilines is 2. The Morgan fingerprint density at radius 2 is 2.08 bits per heavy atom. The average molecular weight is 181 g/mol. The third-order valence-corrected chi connectivity index (χ3v) is 1.40. The van der Waals surface area contributed by atoms with Gasteiger partial charge in [0.15, 0.2) is 6.61 Å². The van der Waals surface area contributed by atoms with Gasteiger partial charge in [-0.25, -0.2) is 0 Å². The largest absolute Gasteiger partial charge is 0.482 e. The van der Waals surface area contributed by atoms with Crippen LogP contribution in [-0.4, -0.2) is 12.5 Å². The van der Waals surface area contributed by atoms with E-state index >= 15 is 0 Å². The van der Waals surface area contributed by atoms with Gasteiger partial charge in [-0.15, -0.1) is 0 Å². The molecule has 13 heavy (non-hydrogen) atoms. The summed E-state index contributed by atoms with van der Waals surface area (Å²) in [6.45, 7) is -0.186. The molecule has 1 rings (SSSR count). The molecule has 5 heteroatoms. The minimum atomic E-state index is -0.545. The van der Waals surface area contributed by atoms with Crippen molar-refractivity contribution < 1.29 is 9.53 Å². The van der Waals surface area contributed by atoms with Crippen LogP contribution in [0.5, 0.6) is 5.75 Å². The second-order valence-electron chi connectivity index (χ2n) is 2.55.